The Morgan fingerprint density at radius 2 is 1.89 bits per heavy atom. The van der Waals surface area contributed by atoms with Crippen molar-refractivity contribution in [1.29, 1.82) is 5.26 Å². The van der Waals surface area contributed by atoms with Crippen LogP contribution in [-0.4, -0.2) is 0 Å². The molecule has 2 rings (SSSR count). The van der Waals surface area contributed by atoms with E-state index in [9.17, 15) is 0 Å². The first-order chi connectivity index (χ1) is 8.60. The molecule has 0 aliphatic heterocycles. The number of hydrogen-bond acceptors (Lipinski definition) is 2. The van der Waals surface area contributed by atoms with Crippen molar-refractivity contribution < 1.29 is 0 Å². The van der Waals surface area contributed by atoms with E-state index in [-0.39, 0.29) is 0 Å². The van der Waals surface area contributed by atoms with E-state index < -0.39 is 0 Å². The van der Waals surface area contributed by atoms with E-state index in [1.54, 1.807) is 6.07 Å². The predicted molar refractivity (Wildman–Crippen MR) is 81.0 cm³/mol. The highest BCUT2D eigenvalue weighted by atomic mass is 79.9. The molecule has 0 atom stereocenters. The van der Waals surface area contributed by atoms with Crippen molar-refractivity contribution in [3.8, 4) is 6.07 Å². The van der Waals surface area contributed by atoms with E-state index in [0.717, 1.165) is 20.3 Å². The predicted octanol–water partition coefficient (Wildman–Crippen LogP) is 5.14. The molecule has 0 aliphatic carbocycles. The van der Waals surface area contributed by atoms with Crippen molar-refractivity contribution in [3.05, 3.63) is 56.5 Å². The molecule has 2 aromatic carbocycles. The number of halogens is 2. The summed E-state index contributed by atoms with van der Waals surface area (Å²) in [6.07, 6.45) is 0. The first-order valence-electron chi connectivity index (χ1n) is 5.33. The zero-order chi connectivity index (χ0) is 13.1. The average Bonchev–Trinajstić information content (AvgIpc) is 2.34. The second kappa shape index (κ2) is 5.55. The molecule has 0 heterocycles. The minimum absolute atomic E-state index is 0.620. The monoisotopic (exact) mass is 364 g/mol. The molecule has 0 unspecified atom stereocenters. The molecular formula is C14H10Br2N2. The van der Waals surface area contributed by atoms with Gasteiger partial charge < -0.3 is 5.32 Å². The summed E-state index contributed by atoms with van der Waals surface area (Å²) in [5, 5.41) is 12.3. The summed E-state index contributed by atoms with van der Waals surface area (Å²) in [7, 11) is 0. The van der Waals surface area contributed by atoms with Crippen LogP contribution in [0, 0.1) is 18.3 Å². The smallest absolute Gasteiger partial charge is 0.101 e. The third-order valence-electron chi connectivity index (χ3n) is 2.55. The van der Waals surface area contributed by atoms with Crippen LogP contribution in [0.3, 0.4) is 0 Å². The van der Waals surface area contributed by atoms with Crippen LogP contribution < -0.4 is 5.32 Å². The lowest BCUT2D eigenvalue weighted by molar-refractivity contribution is 1.41. The third kappa shape index (κ3) is 2.92. The van der Waals surface area contributed by atoms with Crippen LogP contribution in [0.1, 0.15) is 11.1 Å². The zero-order valence-corrected chi connectivity index (χ0v) is 12.8. The maximum absolute atomic E-state index is 9.07. The second-order valence-electron chi connectivity index (χ2n) is 3.89. The Balaban J connectivity index is 2.36. The number of aryl methyl sites for hydroxylation is 1. The number of nitrogens with one attached hydrogen (secondary N) is 1. The minimum atomic E-state index is 0.620. The molecule has 2 nitrogen and oxygen atoms in total. The minimum Gasteiger partial charge on any atom is -0.354 e. The van der Waals surface area contributed by atoms with Gasteiger partial charge in [0, 0.05) is 14.6 Å². The highest BCUT2D eigenvalue weighted by Crippen LogP contribution is 2.27. The Kier molecular flexibility index (Phi) is 4.05. The number of nitrogens with zero attached hydrogens (tertiary/aromatic N) is 1. The number of nitriles is 1. The van der Waals surface area contributed by atoms with Crippen LogP contribution in [0.2, 0.25) is 0 Å². The SMILES string of the molecule is Cc1ccc(Nc2cc(Br)ccc2C#N)cc1Br. The molecule has 90 valence electrons. The van der Waals surface area contributed by atoms with E-state index in [2.05, 4.69) is 43.2 Å². The summed E-state index contributed by atoms with van der Waals surface area (Å²) in [4.78, 5) is 0. The Bertz CT molecular complexity index is 630. The van der Waals surface area contributed by atoms with Crippen LogP contribution in [0.25, 0.3) is 0 Å². The fourth-order valence-corrected chi connectivity index (χ4v) is 2.28. The molecule has 2 aromatic rings. The molecule has 0 spiro atoms. The summed E-state index contributed by atoms with van der Waals surface area (Å²) < 4.78 is 1.98. The van der Waals surface area contributed by atoms with Crippen LogP contribution in [0.15, 0.2) is 45.3 Å². The molecule has 0 aliphatic rings. The first-order valence-corrected chi connectivity index (χ1v) is 6.91. The normalized spacial score (nSPS) is 9.89. The molecule has 0 bridgehead atoms. The highest BCUT2D eigenvalue weighted by molar-refractivity contribution is 9.10. The van der Waals surface area contributed by atoms with Crippen LogP contribution in [-0.2, 0) is 0 Å². The first kappa shape index (κ1) is 13.1. The fraction of sp³-hybridized carbons (Fsp3) is 0.0714. The van der Waals surface area contributed by atoms with Gasteiger partial charge in [-0.3, -0.25) is 0 Å². The summed E-state index contributed by atoms with van der Waals surface area (Å²) in [6.45, 7) is 2.04. The van der Waals surface area contributed by atoms with Crippen LogP contribution in [0.5, 0.6) is 0 Å². The molecule has 18 heavy (non-hydrogen) atoms. The summed E-state index contributed by atoms with van der Waals surface area (Å²) in [5.74, 6) is 0. The number of rotatable bonds is 2. The van der Waals surface area contributed by atoms with Crippen molar-refractivity contribution in [2.24, 2.45) is 0 Å². The average molecular weight is 366 g/mol. The maximum atomic E-state index is 9.07. The molecule has 0 radical (unpaired) electrons. The van der Waals surface area contributed by atoms with Gasteiger partial charge in [0.05, 0.1) is 11.3 Å². The second-order valence-corrected chi connectivity index (χ2v) is 5.66. The zero-order valence-electron chi connectivity index (χ0n) is 9.67. The van der Waals surface area contributed by atoms with Crippen LogP contribution in [0.4, 0.5) is 11.4 Å². The molecule has 0 aromatic heterocycles. The topological polar surface area (TPSA) is 35.8 Å². The van der Waals surface area contributed by atoms with Gasteiger partial charge in [0.25, 0.3) is 0 Å². The molecule has 0 fully saturated rings. The maximum Gasteiger partial charge on any atom is 0.101 e. The van der Waals surface area contributed by atoms with E-state index in [0.29, 0.717) is 5.56 Å². The van der Waals surface area contributed by atoms with Gasteiger partial charge in [0.15, 0.2) is 0 Å². The number of anilines is 2. The lowest BCUT2D eigenvalue weighted by Gasteiger charge is -2.10. The van der Waals surface area contributed by atoms with E-state index in [1.165, 1.54) is 5.56 Å². The summed E-state index contributed by atoms with van der Waals surface area (Å²) in [5.41, 5.74) is 3.54. The van der Waals surface area contributed by atoms with Gasteiger partial charge in [-0.25, -0.2) is 0 Å². The summed E-state index contributed by atoms with van der Waals surface area (Å²) in [6, 6.07) is 13.7. The van der Waals surface area contributed by atoms with Gasteiger partial charge in [-0.05, 0) is 42.8 Å². The van der Waals surface area contributed by atoms with Crippen molar-refractivity contribution in [2.75, 3.05) is 5.32 Å². The Labute approximate surface area is 123 Å². The molecule has 0 saturated carbocycles. The quantitative estimate of drug-likeness (QED) is 0.800. The Hall–Kier alpha value is -1.31. The van der Waals surface area contributed by atoms with Crippen molar-refractivity contribution >= 4 is 43.2 Å². The molecule has 1 N–H and O–H groups in total. The standard InChI is InChI=1S/C14H10Br2N2/c1-9-2-5-12(7-13(9)16)18-14-6-11(15)4-3-10(14)8-17/h2-7,18H,1H3. The van der Waals surface area contributed by atoms with Crippen LogP contribution >= 0.6 is 31.9 Å². The molecular weight excluding hydrogens is 356 g/mol. The lowest BCUT2D eigenvalue weighted by Crippen LogP contribution is -1.94. The van der Waals surface area contributed by atoms with Crippen molar-refractivity contribution in [2.45, 2.75) is 6.92 Å². The van der Waals surface area contributed by atoms with E-state index in [4.69, 9.17) is 5.26 Å². The highest BCUT2D eigenvalue weighted by Gasteiger charge is 2.04. The van der Waals surface area contributed by atoms with Gasteiger partial charge >= 0.3 is 0 Å². The number of benzene rings is 2. The van der Waals surface area contributed by atoms with Gasteiger partial charge in [0.2, 0.25) is 0 Å². The lowest BCUT2D eigenvalue weighted by atomic mass is 10.1. The van der Waals surface area contributed by atoms with E-state index >= 15 is 0 Å². The Morgan fingerprint density at radius 3 is 2.56 bits per heavy atom. The summed E-state index contributed by atoms with van der Waals surface area (Å²) >= 11 is 6.90. The van der Waals surface area contributed by atoms with Gasteiger partial charge in [-0.2, -0.15) is 5.26 Å². The largest absolute Gasteiger partial charge is 0.354 e. The van der Waals surface area contributed by atoms with Gasteiger partial charge in [0.1, 0.15) is 6.07 Å². The van der Waals surface area contributed by atoms with Gasteiger partial charge in [-0.1, -0.05) is 37.9 Å². The van der Waals surface area contributed by atoms with E-state index in [1.807, 2.05) is 37.3 Å². The molecule has 0 saturated heterocycles. The van der Waals surface area contributed by atoms with Gasteiger partial charge in [-0.15, -0.1) is 0 Å². The van der Waals surface area contributed by atoms with Crippen molar-refractivity contribution in [1.82, 2.24) is 0 Å². The fourth-order valence-electron chi connectivity index (χ4n) is 1.54. The third-order valence-corrected chi connectivity index (χ3v) is 3.90. The van der Waals surface area contributed by atoms with Crippen molar-refractivity contribution in [3.63, 3.8) is 0 Å². The Morgan fingerprint density at radius 1 is 1.11 bits per heavy atom. The number of hydrogen-bond donors (Lipinski definition) is 1. The molecule has 4 heteroatoms. The molecule has 0 amide bonds.